The van der Waals surface area contributed by atoms with Gasteiger partial charge < -0.3 is 10.3 Å². The molecular formula is C12H22N4. The zero-order chi connectivity index (χ0) is 11.6. The molecule has 1 fully saturated rings. The Bertz CT molecular complexity index is 337. The fraction of sp³-hybridized carbons (Fsp3) is 0.833. The number of rotatable bonds is 3. The molecule has 16 heavy (non-hydrogen) atoms. The van der Waals surface area contributed by atoms with Crippen LogP contribution in [0.1, 0.15) is 51.8 Å². The van der Waals surface area contributed by atoms with Gasteiger partial charge in [0.05, 0.1) is 5.54 Å². The monoisotopic (exact) mass is 222 g/mol. The molecule has 0 radical (unpaired) electrons. The molecule has 0 aliphatic heterocycles. The summed E-state index contributed by atoms with van der Waals surface area (Å²) in [4.78, 5) is 0. The van der Waals surface area contributed by atoms with Crippen molar-refractivity contribution in [1.82, 2.24) is 14.8 Å². The lowest BCUT2D eigenvalue weighted by Crippen LogP contribution is -2.41. The summed E-state index contributed by atoms with van der Waals surface area (Å²) in [6.07, 6.45) is 7.64. The lowest BCUT2D eigenvalue weighted by atomic mass is 9.82. The van der Waals surface area contributed by atoms with Gasteiger partial charge in [-0.25, -0.2) is 0 Å². The molecule has 0 bridgehead atoms. The zero-order valence-electron chi connectivity index (χ0n) is 10.3. The van der Waals surface area contributed by atoms with E-state index in [1.807, 2.05) is 6.33 Å². The van der Waals surface area contributed by atoms with Crippen molar-refractivity contribution in [2.24, 2.45) is 11.7 Å². The first-order chi connectivity index (χ1) is 7.62. The minimum absolute atomic E-state index is 0.232. The summed E-state index contributed by atoms with van der Waals surface area (Å²) >= 11 is 0. The van der Waals surface area contributed by atoms with Gasteiger partial charge in [0.15, 0.2) is 5.82 Å². The highest BCUT2D eigenvalue weighted by molar-refractivity contribution is 5.06. The Labute approximate surface area is 97.2 Å². The Morgan fingerprint density at radius 1 is 1.38 bits per heavy atom. The van der Waals surface area contributed by atoms with Crippen LogP contribution < -0.4 is 5.73 Å². The van der Waals surface area contributed by atoms with E-state index in [4.69, 9.17) is 5.73 Å². The SMILES string of the molecule is CC(C)Cn1cnnc1C1(N)CCCCC1. The van der Waals surface area contributed by atoms with Gasteiger partial charge in [0.25, 0.3) is 0 Å². The Hall–Kier alpha value is -0.900. The van der Waals surface area contributed by atoms with E-state index < -0.39 is 0 Å². The fourth-order valence-electron chi connectivity index (χ4n) is 2.57. The molecule has 0 amide bonds. The van der Waals surface area contributed by atoms with Gasteiger partial charge in [0.2, 0.25) is 0 Å². The maximum atomic E-state index is 6.48. The van der Waals surface area contributed by atoms with E-state index in [1.54, 1.807) is 0 Å². The van der Waals surface area contributed by atoms with Crippen molar-refractivity contribution >= 4 is 0 Å². The van der Waals surface area contributed by atoms with Crippen molar-refractivity contribution in [3.63, 3.8) is 0 Å². The van der Waals surface area contributed by atoms with E-state index in [0.717, 1.165) is 25.2 Å². The van der Waals surface area contributed by atoms with E-state index in [9.17, 15) is 0 Å². The van der Waals surface area contributed by atoms with Crippen molar-refractivity contribution in [1.29, 1.82) is 0 Å². The third kappa shape index (κ3) is 2.26. The Balaban J connectivity index is 2.21. The van der Waals surface area contributed by atoms with Crippen LogP contribution in [0.5, 0.6) is 0 Å². The van der Waals surface area contributed by atoms with Gasteiger partial charge in [-0.05, 0) is 18.8 Å². The molecule has 1 heterocycles. The predicted octanol–water partition coefficient (Wildman–Crippen LogP) is 2.05. The fourth-order valence-corrected chi connectivity index (χ4v) is 2.57. The number of aromatic nitrogens is 3. The smallest absolute Gasteiger partial charge is 0.152 e. The van der Waals surface area contributed by atoms with Crippen LogP contribution in [0, 0.1) is 5.92 Å². The quantitative estimate of drug-likeness (QED) is 0.851. The van der Waals surface area contributed by atoms with E-state index in [-0.39, 0.29) is 5.54 Å². The van der Waals surface area contributed by atoms with Crippen molar-refractivity contribution in [2.45, 2.75) is 58.0 Å². The second-order valence-corrected chi connectivity index (χ2v) is 5.42. The van der Waals surface area contributed by atoms with Gasteiger partial charge in [0.1, 0.15) is 6.33 Å². The summed E-state index contributed by atoms with van der Waals surface area (Å²) in [5.41, 5.74) is 6.25. The molecule has 0 unspecified atom stereocenters. The lowest BCUT2D eigenvalue weighted by molar-refractivity contribution is 0.273. The van der Waals surface area contributed by atoms with E-state index in [2.05, 4.69) is 28.6 Å². The number of nitrogens with zero attached hydrogens (tertiary/aromatic N) is 3. The molecular weight excluding hydrogens is 200 g/mol. The first-order valence-corrected chi connectivity index (χ1v) is 6.29. The summed E-state index contributed by atoms with van der Waals surface area (Å²) in [5, 5.41) is 8.28. The highest BCUT2D eigenvalue weighted by Gasteiger charge is 2.34. The van der Waals surface area contributed by atoms with Crippen LogP contribution in [-0.4, -0.2) is 14.8 Å². The van der Waals surface area contributed by atoms with Crippen LogP contribution in [-0.2, 0) is 12.1 Å². The van der Waals surface area contributed by atoms with Gasteiger partial charge >= 0.3 is 0 Å². The molecule has 1 aliphatic rings. The summed E-state index contributed by atoms with van der Waals surface area (Å²) in [6.45, 7) is 5.36. The molecule has 1 aliphatic carbocycles. The highest BCUT2D eigenvalue weighted by Crippen LogP contribution is 2.33. The second-order valence-electron chi connectivity index (χ2n) is 5.42. The molecule has 4 nitrogen and oxygen atoms in total. The molecule has 1 aromatic heterocycles. The minimum atomic E-state index is -0.232. The van der Waals surface area contributed by atoms with E-state index >= 15 is 0 Å². The van der Waals surface area contributed by atoms with Gasteiger partial charge in [-0.2, -0.15) is 0 Å². The molecule has 4 heteroatoms. The number of hydrogen-bond acceptors (Lipinski definition) is 3. The van der Waals surface area contributed by atoms with Gasteiger partial charge in [-0.1, -0.05) is 33.1 Å². The number of nitrogens with two attached hydrogens (primary N) is 1. The molecule has 0 saturated heterocycles. The lowest BCUT2D eigenvalue weighted by Gasteiger charge is -2.32. The second kappa shape index (κ2) is 4.53. The highest BCUT2D eigenvalue weighted by atomic mass is 15.3. The van der Waals surface area contributed by atoms with E-state index in [1.165, 1.54) is 19.3 Å². The average molecular weight is 222 g/mol. The van der Waals surface area contributed by atoms with Crippen molar-refractivity contribution in [3.8, 4) is 0 Å². The summed E-state index contributed by atoms with van der Waals surface area (Å²) in [7, 11) is 0. The van der Waals surface area contributed by atoms with Crippen LogP contribution in [0.25, 0.3) is 0 Å². The maximum Gasteiger partial charge on any atom is 0.152 e. The molecule has 0 atom stereocenters. The first-order valence-electron chi connectivity index (χ1n) is 6.29. The molecule has 2 N–H and O–H groups in total. The molecule has 0 aromatic carbocycles. The predicted molar refractivity (Wildman–Crippen MR) is 63.8 cm³/mol. The topological polar surface area (TPSA) is 56.7 Å². The molecule has 2 rings (SSSR count). The van der Waals surface area contributed by atoms with Crippen molar-refractivity contribution < 1.29 is 0 Å². The maximum absolute atomic E-state index is 6.48. The first kappa shape index (κ1) is 11.6. The van der Waals surface area contributed by atoms with Crippen molar-refractivity contribution in [3.05, 3.63) is 12.2 Å². The zero-order valence-corrected chi connectivity index (χ0v) is 10.3. The molecule has 0 spiro atoms. The van der Waals surface area contributed by atoms with Gasteiger partial charge in [-0.3, -0.25) is 0 Å². The summed E-state index contributed by atoms with van der Waals surface area (Å²) in [5.74, 6) is 1.59. The van der Waals surface area contributed by atoms with E-state index in [0.29, 0.717) is 5.92 Å². The Kier molecular flexibility index (Phi) is 3.28. The van der Waals surface area contributed by atoms with Crippen LogP contribution in [0.3, 0.4) is 0 Å². The van der Waals surface area contributed by atoms with Gasteiger partial charge in [0, 0.05) is 6.54 Å². The molecule has 90 valence electrons. The standard InChI is InChI=1S/C12H22N4/c1-10(2)8-16-9-14-15-11(16)12(13)6-4-3-5-7-12/h9-10H,3-8,13H2,1-2H3. The van der Waals surface area contributed by atoms with Gasteiger partial charge in [-0.15, -0.1) is 10.2 Å². The van der Waals surface area contributed by atoms with Crippen LogP contribution >= 0.6 is 0 Å². The van der Waals surface area contributed by atoms with Crippen LogP contribution in [0.4, 0.5) is 0 Å². The minimum Gasteiger partial charge on any atom is -0.319 e. The largest absolute Gasteiger partial charge is 0.319 e. The molecule has 1 aromatic rings. The Morgan fingerprint density at radius 2 is 2.06 bits per heavy atom. The normalized spacial score (nSPS) is 20.2. The third-order valence-corrected chi connectivity index (χ3v) is 3.37. The Morgan fingerprint density at radius 3 is 2.69 bits per heavy atom. The summed E-state index contributed by atoms with van der Waals surface area (Å²) < 4.78 is 2.13. The van der Waals surface area contributed by atoms with Crippen molar-refractivity contribution in [2.75, 3.05) is 0 Å². The van der Waals surface area contributed by atoms with Crippen LogP contribution in [0.2, 0.25) is 0 Å². The summed E-state index contributed by atoms with van der Waals surface area (Å²) in [6, 6.07) is 0. The van der Waals surface area contributed by atoms with Crippen LogP contribution in [0.15, 0.2) is 6.33 Å². The third-order valence-electron chi connectivity index (χ3n) is 3.37. The molecule has 1 saturated carbocycles. The number of hydrogen-bond donors (Lipinski definition) is 1. The average Bonchev–Trinajstić information content (AvgIpc) is 2.66.